The van der Waals surface area contributed by atoms with Gasteiger partial charge in [0.15, 0.2) is 5.82 Å². The van der Waals surface area contributed by atoms with E-state index in [2.05, 4.69) is 151 Å². The molecule has 7 aromatic carbocycles. The highest BCUT2D eigenvalue weighted by atomic mass is 32.1. The van der Waals surface area contributed by atoms with Crippen LogP contribution in [0.15, 0.2) is 168 Å². The maximum Gasteiger partial charge on any atom is 0.161 e. The first kappa shape index (κ1) is 29.7. The predicted molar refractivity (Wildman–Crippen MR) is 224 cm³/mol. The molecule has 1 aliphatic carbocycles. The number of thiophene rings is 1. The van der Waals surface area contributed by atoms with Crippen LogP contribution in [-0.2, 0) is 0 Å². The van der Waals surface area contributed by atoms with Crippen LogP contribution in [0, 0.1) is 0 Å². The van der Waals surface area contributed by atoms with Gasteiger partial charge in [-0.3, -0.25) is 0 Å². The van der Waals surface area contributed by atoms with Gasteiger partial charge in [-0.15, -0.1) is 11.3 Å². The number of nitrogens with zero attached hydrogens (tertiary/aromatic N) is 3. The van der Waals surface area contributed by atoms with E-state index in [-0.39, 0.29) is 6.04 Å². The molecule has 1 atom stereocenters. The molecule has 54 heavy (non-hydrogen) atoms. The Hall–Kier alpha value is -6.82. The van der Waals surface area contributed by atoms with E-state index in [1.54, 1.807) is 0 Å². The molecule has 0 bridgehead atoms. The SMILES string of the molecule is C1=c2c(sc3ccccc23)=C2c3ccccc3N(c3ccc4c(c3)oc3cccc(-c5nc(-c6ccc(-c7ccccc7)cc6)c6ccccc6n5)c34)C12. The predicted octanol–water partition coefficient (Wildman–Crippen LogP) is 11.3. The first-order valence-electron chi connectivity index (χ1n) is 18.3. The fraction of sp³-hybridized carbons (Fsp3) is 0.0204. The number of hydrogen-bond donors (Lipinski definition) is 0. The normalized spacial score (nSPS) is 14.6. The van der Waals surface area contributed by atoms with Gasteiger partial charge in [-0.2, -0.15) is 0 Å². The van der Waals surface area contributed by atoms with Gasteiger partial charge >= 0.3 is 0 Å². The van der Waals surface area contributed by atoms with Gasteiger partial charge in [-0.05, 0) is 58.8 Å². The number of hydrogen-bond acceptors (Lipinski definition) is 5. The Balaban J connectivity index is 0.994. The lowest BCUT2D eigenvalue weighted by Crippen LogP contribution is -2.24. The molecule has 12 rings (SSSR count). The van der Waals surface area contributed by atoms with Crippen LogP contribution in [0.2, 0.25) is 0 Å². The van der Waals surface area contributed by atoms with Crippen molar-refractivity contribution in [3.63, 3.8) is 0 Å². The lowest BCUT2D eigenvalue weighted by molar-refractivity contribution is 0.669. The number of fused-ring (bicyclic) bond motifs is 10. The van der Waals surface area contributed by atoms with Gasteiger partial charge in [0.05, 0.1) is 17.3 Å². The largest absolute Gasteiger partial charge is 0.456 e. The monoisotopic (exact) mass is 707 g/mol. The molecule has 1 unspecified atom stereocenters. The number of rotatable bonds is 4. The third-order valence-corrected chi connectivity index (χ3v) is 12.3. The van der Waals surface area contributed by atoms with Gasteiger partial charge in [-0.1, -0.05) is 121 Å². The van der Waals surface area contributed by atoms with E-state index >= 15 is 0 Å². The quantitative estimate of drug-likeness (QED) is 0.183. The Bertz CT molecular complexity index is 3290. The van der Waals surface area contributed by atoms with Crippen LogP contribution in [-0.4, -0.2) is 16.0 Å². The van der Waals surface area contributed by atoms with E-state index in [0.29, 0.717) is 5.82 Å². The zero-order valence-electron chi connectivity index (χ0n) is 28.9. The molecule has 0 N–H and O–H groups in total. The molecule has 252 valence electrons. The number of furan rings is 1. The molecule has 4 heterocycles. The first-order chi connectivity index (χ1) is 26.8. The van der Waals surface area contributed by atoms with E-state index in [1.165, 1.54) is 47.8 Å². The van der Waals surface area contributed by atoms with Crippen molar-refractivity contribution in [3.05, 3.63) is 179 Å². The molecule has 10 aromatic rings. The first-order valence-corrected chi connectivity index (χ1v) is 19.1. The Morgan fingerprint density at radius 2 is 1.30 bits per heavy atom. The molecule has 0 amide bonds. The minimum absolute atomic E-state index is 0.122. The average Bonchev–Trinajstić information content (AvgIpc) is 3.97. The Morgan fingerprint density at radius 3 is 2.20 bits per heavy atom. The summed E-state index contributed by atoms with van der Waals surface area (Å²) in [6, 6.07) is 58.0. The van der Waals surface area contributed by atoms with Crippen LogP contribution in [0.1, 0.15) is 5.56 Å². The molecule has 5 heteroatoms. The van der Waals surface area contributed by atoms with E-state index in [9.17, 15) is 0 Å². The molecule has 4 nitrogen and oxygen atoms in total. The van der Waals surface area contributed by atoms with Crippen LogP contribution in [0.3, 0.4) is 0 Å². The number of anilines is 2. The van der Waals surface area contributed by atoms with Crippen molar-refractivity contribution in [2.24, 2.45) is 0 Å². The minimum Gasteiger partial charge on any atom is -0.456 e. The summed E-state index contributed by atoms with van der Waals surface area (Å²) in [5.74, 6) is 0.680. The summed E-state index contributed by atoms with van der Waals surface area (Å²) < 4.78 is 9.40. The molecule has 0 saturated carbocycles. The van der Waals surface area contributed by atoms with E-state index in [0.717, 1.165) is 55.3 Å². The molecule has 0 spiro atoms. The highest BCUT2D eigenvalue weighted by Gasteiger charge is 2.37. The second kappa shape index (κ2) is 11.3. The highest BCUT2D eigenvalue weighted by Crippen LogP contribution is 2.47. The zero-order valence-corrected chi connectivity index (χ0v) is 29.7. The fourth-order valence-corrected chi connectivity index (χ4v) is 9.95. The number of para-hydroxylation sites is 2. The zero-order chi connectivity index (χ0) is 35.3. The molecule has 0 saturated heterocycles. The summed E-state index contributed by atoms with van der Waals surface area (Å²) in [6.07, 6.45) is 2.45. The van der Waals surface area contributed by atoms with Crippen LogP contribution >= 0.6 is 11.3 Å². The summed E-state index contributed by atoms with van der Waals surface area (Å²) in [4.78, 5) is 12.9. The number of benzene rings is 7. The third-order valence-electron chi connectivity index (χ3n) is 11.1. The van der Waals surface area contributed by atoms with E-state index in [4.69, 9.17) is 14.4 Å². The smallest absolute Gasteiger partial charge is 0.161 e. The molecule has 2 aliphatic rings. The average molecular weight is 708 g/mol. The third kappa shape index (κ3) is 4.30. The topological polar surface area (TPSA) is 42.2 Å². The van der Waals surface area contributed by atoms with Gasteiger partial charge in [0, 0.05) is 70.5 Å². The van der Waals surface area contributed by atoms with Crippen molar-refractivity contribution in [2.45, 2.75) is 6.04 Å². The van der Waals surface area contributed by atoms with Crippen LogP contribution in [0.4, 0.5) is 11.4 Å². The van der Waals surface area contributed by atoms with Crippen molar-refractivity contribution in [3.8, 4) is 33.8 Å². The lowest BCUT2D eigenvalue weighted by atomic mass is 10.0. The summed E-state index contributed by atoms with van der Waals surface area (Å²) in [7, 11) is 0. The van der Waals surface area contributed by atoms with Gasteiger partial charge < -0.3 is 9.32 Å². The Labute approximate surface area is 314 Å². The fourth-order valence-electron chi connectivity index (χ4n) is 8.67. The van der Waals surface area contributed by atoms with Gasteiger partial charge in [0.2, 0.25) is 0 Å². The molecular formula is C49H29N3OS. The van der Waals surface area contributed by atoms with Crippen LogP contribution in [0.25, 0.3) is 88.3 Å². The summed E-state index contributed by atoms with van der Waals surface area (Å²) >= 11 is 1.90. The molecule has 1 aliphatic heterocycles. The Kier molecular flexibility index (Phi) is 6.24. The molecule has 3 aromatic heterocycles. The maximum absolute atomic E-state index is 6.68. The second-order valence-corrected chi connectivity index (χ2v) is 15.1. The van der Waals surface area contributed by atoms with Crippen LogP contribution in [0.5, 0.6) is 0 Å². The van der Waals surface area contributed by atoms with Gasteiger partial charge in [0.1, 0.15) is 11.2 Å². The van der Waals surface area contributed by atoms with Gasteiger partial charge in [-0.25, -0.2) is 9.97 Å². The number of aromatic nitrogens is 2. The standard InChI is InChI=1S/C49H29N3OS/c1-2-11-29(12-3-1)30-21-23-31(24-22-30)47-34-14-4-7-17-39(34)50-49(51-47)37-16-10-19-42-45(37)36-26-25-32(27-43(36)53-42)52-40-18-8-5-15-35(40)46-41(52)28-38-33-13-6-9-20-44(33)54-48(38)46/h1-28,41H. The second-order valence-electron chi connectivity index (χ2n) is 14.1. The van der Waals surface area contributed by atoms with Crippen molar-refractivity contribution in [2.75, 3.05) is 4.90 Å². The van der Waals surface area contributed by atoms with Crippen LogP contribution < -0.4 is 14.7 Å². The Morgan fingerprint density at radius 1 is 0.556 bits per heavy atom. The molecular weight excluding hydrogens is 679 g/mol. The molecule has 0 radical (unpaired) electrons. The van der Waals surface area contributed by atoms with Gasteiger partial charge in [0.25, 0.3) is 0 Å². The summed E-state index contributed by atoms with van der Waals surface area (Å²) in [5, 5.41) is 5.78. The van der Waals surface area contributed by atoms with E-state index < -0.39 is 0 Å². The minimum atomic E-state index is 0.122. The molecule has 0 fully saturated rings. The highest BCUT2D eigenvalue weighted by molar-refractivity contribution is 7.17. The lowest BCUT2D eigenvalue weighted by Gasteiger charge is -2.25. The summed E-state index contributed by atoms with van der Waals surface area (Å²) in [6.45, 7) is 0. The van der Waals surface area contributed by atoms with Crippen molar-refractivity contribution in [1.29, 1.82) is 0 Å². The van der Waals surface area contributed by atoms with E-state index in [1.807, 2.05) is 35.6 Å². The summed E-state index contributed by atoms with van der Waals surface area (Å²) in [5.41, 5.74) is 12.9. The van der Waals surface area contributed by atoms with Crippen molar-refractivity contribution >= 4 is 77.3 Å². The van der Waals surface area contributed by atoms with Crippen molar-refractivity contribution in [1.82, 2.24) is 9.97 Å². The maximum atomic E-state index is 6.68. The van der Waals surface area contributed by atoms with Crippen molar-refractivity contribution < 1.29 is 4.42 Å².